The van der Waals surface area contributed by atoms with Crippen LogP contribution in [0.1, 0.15) is 36.0 Å². The number of amides is 1. The monoisotopic (exact) mass is 487 g/mol. The van der Waals surface area contributed by atoms with E-state index in [4.69, 9.17) is 11.6 Å². The topological polar surface area (TPSA) is 86.6 Å². The molecule has 3 N–H and O–H groups in total. The lowest BCUT2D eigenvalue weighted by atomic mass is 9.77. The van der Waals surface area contributed by atoms with E-state index >= 15 is 0 Å². The minimum atomic E-state index is -1.64. The Kier molecular flexibility index (Phi) is 6.37. The Bertz CT molecular complexity index is 1060. The number of aliphatic hydroxyl groups excluding tert-OH is 1. The average Bonchev–Trinajstić information content (AvgIpc) is 3.03. The van der Waals surface area contributed by atoms with Gasteiger partial charge in [-0.1, -0.05) is 11.6 Å². The standard InChI is InChI=1S/C22H21ClF3NO4S/c23-15-4-3-11(21(29)27-14-6-16(24)19(26)17(25)7-14)5-18(15)32(31)20-12-1-2-13(20)9-22(30,8-12)10-28/h3-7,12-13,20,28,30H,1-2,8-10H2,(H,27,29)/t12-,13?,20?,22?,32?/m0/s1. The fourth-order valence-corrected chi connectivity index (χ4v) is 7.20. The van der Waals surface area contributed by atoms with Crippen molar-refractivity contribution in [2.75, 3.05) is 11.9 Å². The van der Waals surface area contributed by atoms with E-state index in [1.165, 1.54) is 18.2 Å². The van der Waals surface area contributed by atoms with E-state index in [0.29, 0.717) is 25.0 Å². The van der Waals surface area contributed by atoms with Gasteiger partial charge in [-0.2, -0.15) is 0 Å². The molecule has 2 bridgehead atoms. The van der Waals surface area contributed by atoms with Gasteiger partial charge in [-0.25, -0.2) is 13.2 Å². The maximum atomic E-state index is 13.5. The van der Waals surface area contributed by atoms with Crippen molar-refractivity contribution in [3.63, 3.8) is 0 Å². The van der Waals surface area contributed by atoms with Crippen LogP contribution in [-0.4, -0.2) is 37.8 Å². The second-order valence-corrected chi connectivity index (χ2v) is 10.5. The van der Waals surface area contributed by atoms with Gasteiger partial charge in [0.2, 0.25) is 0 Å². The molecule has 2 aromatic rings. The maximum Gasteiger partial charge on any atom is 0.255 e. The molecule has 5 nitrogen and oxygen atoms in total. The largest absolute Gasteiger partial charge is 0.393 e. The van der Waals surface area contributed by atoms with Crippen LogP contribution in [0.5, 0.6) is 0 Å². The Morgan fingerprint density at radius 3 is 2.28 bits per heavy atom. The molecule has 2 fully saturated rings. The summed E-state index contributed by atoms with van der Waals surface area (Å²) in [6, 6.07) is 5.50. The van der Waals surface area contributed by atoms with Crippen molar-refractivity contribution >= 4 is 34.0 Å². The number of benzene rings is 2. The summed E-state index contributed by atoms with van der Waals surface area (Å²) in [6.07, 6.45) is 2.25. The van der Waals surface area contributed by atoms with Crippen LogP contribution < -0.4 is 5.32 Å². The molecule has 0 saturated heterocycles. The summed E-state index contributed by atoms with van der Waals surface area (Å²) in [6.45, 7) is -0.347. The molecule has 4 unspecified atom stereocenters. The lowest BCUT2D eigenvalue weighted by Gasteiger charge is -2.39. The number of carbonyl (C=O) groups is 1. The third-order valence-corrected chi connectivity index (χ3v) is 8.79. The number of anilines is 1. The molecule has 0 aromatic heterocycles. The van der Waals surface area contributed by atoms with E-state index in [1.54, 1.807) is 0 Å². The third kappa shape index (κ3) is 4.31. The number of nitrogens with one attached hydrogen (secondary N) is 1. The number of fused-ring (bicyclic) bond motifs is 2. The first kappa shape index (κ1) is 23.2. The summed E-state index contributed by atoms with van der Waals surface area (Å²) in [4.78, 5) is 12.9. The van der Waals surface area contributed by atoms with Gasteiger partial charge in [0.25, 0.3) is 5.91 Å². The van der Waals surface area contributed by atoms with Gasteiger partial charge in [-0.3, -0.25) is 9.00 Å². The number of aliphatic hydroxyl groups is 2. The molecule has 2 aliphatic rings. The second-order valence-electron chi connectivity index (χ2n) is 8.50. The average molecular weight is 488 g/mol. The van der Waals surface area contributed by atoms with Crippen LogP contribution in [0, 0.1) is 29.3 Å². The highest BCUT2D eigenvalue weighted by molar-refractivity contribution is 7.85. The molecule has 2 aliphatic carbocycles. The van der Waals surface area contributed by atoms with Crippen LogP contribution in [0.4, 0.5) is 18.9 Å². The molecule has 0 radical (unpaired) electrons. The summed E-state index contributed by atoms with van der Waals surface area (Å²) in [5.41, 5.74) is -1.37. The van der Waals surface area contributed by atoms with E-state index in [9.17, 15) is 32.4 Å². The van der Waals surface area contributed by atoms with Crippen LogP contribution in [0.25, 0.3) is 0 Å². The SMILES string of the molecule is O=C(Nc1cc(F)c(F)c(F)c1)c1ccc(Cl)c(S(=O)C2C3CC[C@H]2CC(O)(CO)C3)c1. The number of hydrogen-bond acceptors (Lipinski definition) is 4. The second kappa shape index (κ2) is 8.78. The molecule has 0 aliphatic heterocycles. The Labute approximate surface area is 190 Å². The smallest absolute Gasteiger partial charge is 0.255 e. The molecule has 172 valence electrons. The molecule has 0 heterocycles. The van der Waals surface area contributed by atoms with Gasteiger partial charge in [0.1, 0.15) is 0 Å². The van der Waals surface area contributed by atoms with Crippen molar-refractivity contribution in [1.29, 1.82) is 0 Å². The van der Waals surface area contributed by atoms with Crippen molar-refractivity contribution in [3.05, 3.63) is 58.4 Å². The molecular formula is C22H21ClF3NO4S. The number of hydrogen-bond donors (Lipinski definition) is 3. The molecule has 1 amide bonds. The zero-order chi connectivity index (χ0) is 23.2. The van der Waals surface area contributed by atoms with Crippen LogP contribution in [0.15, 0.2) is 35.2 Å². The highest BCUT2D eigenvalue weighted by Gasteiger charge is 2.51. The van der Waals surface area contributed by atoms with Crippen LogP contribution in [0.3, 0.4) is 0 Å². The van der Waals surface area contributed by atoms with Crippen molar-refractivity contribution < 1.29 is 32.4 Å². The first-order valence-electron chi connectivity index (χ1n) is 10.1. The highest BCUT2D eigenvalue weighted by atomic mass is 35.5. The fourth-order valence-electron chi connectivity index (χ4n) is 4.89. The lowest BCUT2D eigenvalue weighted by molar-refractivity contribution is -0.0594. The minimum absolute atomic E-state index is 0.0505. The molecule has 0 spiro atoms. The van der Waals surface area contributed by atoms with Crippen LogP contribution >= 0.6 is 11.6 Å². The zero-order valence-corrected chi connectivity index (χ0v) is 18.4. The van der Waals surface area contributed by atoms with Gasteiger partial charge < -0.3 is 15.5 Å². The molecule has 5 atom stereocenters. The fraction of sp³-hybridized carbons (Fsp3) is 0.409. The molecule has 4 rings (SSSR count). The summed E-state index contributed by atoms with van der Waals surface area (Å²) < 4.78 is 53.4. The molecule has 2 aromatic carbocycles. The molecule has 10 heteroatoms. The first-order valence-corrected chi connectivity index (χ1v) is 11.7. The van der Waals surface area contributed by atoms with Gasteiger partial charge in [0.15, 0.2) is 17.5 Å². The van der Waals surface area contributed by atoms with E-state index in [2.05, 4.69) is 5.32 Å². The van der Waals surface area contributed by atoms with Crippen LogP contribution in [0.2, 0.25) is 5.02 Å². The maximum absolute atomic E-state index is 13.5. The number of halogens is 4. The predicted molar refractivity (Wildman–Crippen MR) is 113 cm³/mol. The summed E-state index contributed by atoms with van der Waals surface area (Å²) in [5.74, 6) is -5.34. The first-order chi connectivity index (χ1) is 15.1. The van der Waals surface area contributed by atoms with E-state index < -0.39 is 39.8 Å². The van der Waals surface area contributed by atoms with Crippen molar-refractivity contribution in [2.45, 2.75) is 41.4 Å². The van der Waals surface area contributed by atoms with Gasteiger partial charge in [-0.05, 0) is 55.7 Å². The predicted octanol–water partition coefficient (Wildman–Crippen LogP) is 4.03. The van der Waals surface area contributed by atoms with Gasteiger partial charge in [0.05, 0.1) is 32.9 Å². The van der Waals surface area contributed by atoms with Gasteiger partial charge in [-0.15, -0.1) is 0 Å². The molecular weight excluding hydrogens is 467 g/mol. The normalized spacial score (nSPS) is 27.9. The quantitative estimate of drug-likeness (QED) is 0.556. The Balaban J connectivity index is 1.57. The third-order valence-electron chi connectivity index (χ3n) is 6.32. The van der Waals surface area contributed by atoms with Gasteiger partial charge in [0, 0.05) is 28.6 Å². The van der Waals surface area contributed by atoms with E-state index in [0.717, 1.165) is 12.8 Å². The van der Waals surface area contributed by atoms with Crippen LogP contribution in [-0.2, 0) is 10.8 Å². The number of carbonyl (C=O) groups excluding carboxylic acids is 1. The Morgan fingerprint density at radius 2 is 1.72 bits per heavy atom. The van der Waals surface area contributed by atoms with Crippen molar-refractivity contribution in [3.8, 4) is 0 Å². The summed E-state index contributed by atoms with van der Waals surface area (Å²) in [7, 11) is -1.57. The number of rotatable bonds is 5. The lowest BCUT2D eigenvalue weighted by Crippen LogP contribution is -2.46. The van der Waals surface area contributed by atoms with E-state index in [-0.39, 0.29) is 44.9 Å². The summed E-state index contributed by atoms with van der Waals surface area (Å²) in [5, 5.41) is 22.2. The highest BCUT2D eigenvalue weighted by Crippen LogP contribution is 2.50. The van der Waals surface area contributed by atoms with E-state index in [1.807, 2.05) is 0 Å². The molecule has 2 saturated carbocycles. The van der Waals surface area contributed by atoms with Crippen molar-refractivity contribution in [1.82, 2.24) is 0 Å². The minimum Gasteiger partial charge on any atom is -0.393 e. The summed E-state index contributed by atoms with van der Waals surface area (Å²) >= 11 is 6.28. The Hall–Kier alpha value is -1.94. The molecule has 32 heavy (non-hydrogen) atoms. The zero-order valence-electron chi connectivity index (χ0n) is 16.8. The Morgan fingerprint density at radius 1 is 1.12 bits per heavy atom. The van der Waals surface area contributed by atoms with Gasteiger partial charge >= 0.3 is 0 Å². The van der Waals surface area contributed by atoms with Crippen molar-refractivity contribution in [2.24, 2.45) is 11.8 Å².